The van der Waals surface area contributed by atoms with Gasteiger partial charge < -0.3 is 0 Å². The number of hydrogen-bond acceptors (Lipinski definition) is 0. The fourth-order valence-corrected chi connectivity index (χ4v) is 2.66. The second kappa shape index (κ2) is 6.36. The van der Waals surface area contributed by atoms with Gasteiger partial charge in [-0.25, -0.2) is 4.39 Å². The van der Waals surface area contributed by atoms with Crippen molar-refractivity contribution in [1.29, 1.82) is 0 Å². The zero-order valence-corrected chi connectivity index (χ0v) is 11.7. The Hall–Kier alpha value is -2.41. The lowest BCUT2D eigenvalue weighted by atomic mass is 9.86. The van der Waals surface area contributed by atoms with Gasteiger partial charge in [0, 0.05) is 5.92 Å². The van der Waals surface area contributed by atoms with Crippen LogP contribution in [0.25, 0.3) is 0 Å². The van der Waals surface area contributed by atoms with Crippen molar-refractivity contribution in [2.75, 3.05) is 0 Å². The molecule has 0 aromatic heterocycles. The Balaban J connectivity index is 1.97. The Morgan fingerprint density at radius 2 is 1.14 bits per heavy atom. The first-order chi connectivity index (χ1) is 10.3. The summed E-state index contributed by atoms with van der Waals surface area (Å²) in [6.45, 7) is 0. The van der Waals surface area contributed by atoms with Gasteiger partial charge in [0.05, 0.1) is 0 Å². The van der Waals surface area contributed by atoms with Crippen LogP contribution in [0, 0.1) is 5.82 Å². The van der Waals surface area contributed by atoms with E-state index in [0.29, 0.717) is 0 Å². The van der Waals surface area contributed by atoms with E-state index in [1.807, 2.05) is 24.3 Å². The van der Waals surface area contributed by atoms with Crippen LogP contribution in [0.3, 0.4) is 0 Å². The molecule has 0 amide bonds. The molecule has 104 valence electrons. The molecular weight excluding hydrogens is 259 g/mol. The normalized spacial score (nSPS) is 12.0. The molecule has 0 saturated heterocycles. The lowest BCUT2D eigenvalue weighted by Gasteiger charge is -2.18. The van der Waals surface area contributed by atoms with Gasteiger partial charge >= 0.3 is 0 Å². The molecule has 3 aromatic rings. The Bertz CT molecular complexity index is 672. The van der Waals surface area contributed by atoms with Gasteiger partial charge in [-0.3, -0.25) is 0 Å². The highest BCUT2D eigenvalue weighted by Gasteiger charge is 2.14. The maximum Gasteiger partial charge on any atom is 0.123 e. The average molecular weight is 276 g/mol. The van der Waals surface area contributed by atoms with Crippen LogP contribution in [-0.2, 0) is 6.42 Å². The van der Waals surface area contributed by atoms with Crippen LogP contribution in [0.1, 0.15) is 22.6 Å². The van der Waals surface area contributed by atoms with E-state index in [0.717, 1.165) is 12.0 Å². The predicted molar refractivity (Wildman–Crippen MR) is 84.8 cm³/mol. The van der Waals surface area contributed by atoms with Crippen molar-refractivity contribution >= 4 is 0 Å². The minimum atomic E-state index is -0.190. The molecule has 0 heterocycles. The molecule has 3 aromatic carbocycles. The molecule has 1 atom stereocenters. The largest absolute Gasteiger partial charge is 0.207 e. The molecule has 0 bridgehead atoms. The second-order valence-electron chi connectivity index (χ2n) is 5.20. The van der Waals surface area contributed by atoms with Crippen LogP contribution in [0.5, 0.6) is 0 Å². The third-order valence-corrected chi connectivity index (χ3v) is 3.76. The van der Waals surface area contributed by atoms with Crippen molar-refractivity contribution in [2.45, 2.75) is 12.3 Å². The van der Waals surface area contributed by atoms with Crippen LogP contribution >= 0.6 is 0 Å². The molecule has 0 fully saturated rings. The third-order valence-electron chi connectivity index (χ3n) is 3.76. The Morgan fingerprint density at radius 1 is 0.619 bits per heavy atom. The minimum absolute atomic E-state index is 0.190. The molecule has 0 N–H and O–H groups in total. The van der Waals surface area contributed by atoms with Crippen LogP contribution < -0.4 is 0 Å². The lowest BCUT2D eigenvalue weighted by Crippen LogP contribution is -2.05. The van der Waals surface area contributed by atoms with Gasteiger partial charge in [-0.1, -0.05) is 72.8 Å². The maximum atomic E-state index is 13.2. The van der Waals surface area contributed by atoms with Gasteiger partial charge in [-0.2, -0.15) is 0 Å². The summed E-state index contributed by atoms with van der Waals surface area (Å²) in [6, 6.07) is 27.7. The van der Waals surface area contributed by atoms with E-state index in [-0.39, 0.29) is 11.7 Å². The maximum absolute atomic E-state index is 13.2. The molecule has 21 heavy (non-hydrogen) atoms. The monoisotopic (exact) mass is 276 g/mol. The topological polar surface area (TPSA) is 0 Å². The summed E-state index contributed by atoms with van der Waals surface area (Å²) >= 11 is 0. The SMILES string of the molecule is Fc1ccc(C(Cc2ccccc2)c2ccccc2)cc1. The first-order valence-corrected chi connectivity index (χ1v) is 7.17. The van der Waals surface area contributed by atoms with Crippen LogP contribution in [-0.4, -0.2) is 0 Å². The number of benzene rings is 3. The van der Waals surface area contributed by atoms with Crippen molar-refractivity contribution in [3.8, 4) is 0 Å². The molecule has 0 nitrogen and oxygen atoms in total. The summed E-state index contributed by atoms with van der Waals surface area (Å²) in [5.74, 6) is 0.0551. The Morgan fingerprint density at radius 3 is 1.76 bits per heavy atom. The van der Waals surface area contributed by atoms with Crippen LogP contribution in [0.4, 0.5) is 4.39 Å². The Kier molecular flexibility index (Phi) is 4.11. The summed E-state index contributed by atoms with van der Waals surface area (Å²) in [5.41, 5.74) is 3.69. The highest BCUT2D eigenvalue weighted by atomic mass is 19.1. The zero-order chi connectivity index (χ0) is 14.5. The summed E-state index contributed by atoms with van der Waals surface area (Å²) in [5, 5.41) is 0. The summed E-state index contributed by atoms with van der Waals surface area (Å²) < 4.78 is 13.2. The highest BCUT2D eigenvalue weighted by molar-refractivity contribution is 5.35. The van der Waals surface area contributed by atoms with Gasteiger partial charge in [-0.15, -0.1) is 0 Å². The number of rotatable bonds is 4. The highest BCUT2D eigenvalue weighted by Crippen LogP contribution is 2.28. The van der Waals surface area contributed by atoms with Gasteiger partial charge in [0.25, 0.3) is 0 Å². The molecular formula is C20H17F. The first kappa shape index (κ1) is 13.6. The fraction of sp³-hybridized carbons (Fsp3) is 0.100. The second-order valence-corrected chi connectivity index (χ2v) is 5.20. The lowest BCUT2D eigenvalue weighted by molar-refractivity contribution is 0.626. The van der Waals surface area contributed by atoms with Crippen molar-refractivity contribution in [3.63, 3.8) is 0 Å². The van der Waals surface area contributed by atoms with E-state index in [1.165, 1.54) is 23.3 Å². The van der Waals surface area contributed by atoms with E-state index in [9.17, 15) is 4.39 Å². The molecule has 1 unspecified atom stereocenters. The van der Waals surface area contributed by atoms with Gasteiger partial charge in [0.15, 0.2) is 0 Å². The summed E-state index contributed by atoms with van der Waals surface area (Å²) in [6.07, 6.45) is 0.913. The van der Waals surface area contributed by atoms with Crippen molar-refractivity contribution in [3.05, 3.63) is 107 Å². The molecule has 0 aliphatic rings. The van der Waals surface area contributed by atoms with Crippen molar-refractivity contribution in [2.24, 2.45) is 0 Å². The molecule has 1 heteroatoms. The molecule has 0 aliphatic heterocycles. The first-order valence-electron chi connectivity index (χ1n) is 7.17. The van der Waals surface area contributed by atoms with E-state index >= 15 is 0 Å². The average Bonchev–Trinajstić information content (AvgIpc) is 2.55. The fourth-order valence-electron chi connectivity index (χ4n) is 2.66. The van der Waals surface area contributed by atoms with Crippen LogP contribution in [0.2, 0.25) is 0 Å². The van der Waals surface area contributed by atoms with Crippen molar-refractivity contribution < 1.29 is 4.39 Å². The smallest absolute Gasteiger partial charge is 0.123 e. The quantitative estimate of drug-likeness (QED) is 0.614. The molecule has 0 aliphatic carbocycles. The summed E-state index contributed by atoms with van der Waals surface area (Å²) in [4.78, 5) is 0. The van der Waals surface area contributed by atoms with Gasteiger partial charge in [0.2, 0.25) is 0 Å². The zero-order valence-electron chi connectivity index (χ0n) is 11.7. The minimum Gasteiger partial charge on any atom is -0.207 e. The Labute approximate surface area is 124 Å². The van der Waals surface area contributed by atoms with E-state index < -0.39 is 0 Å². The number of hydrogen-bond donors (Lipinski definition) is 0. The molecule has 0 spiro atoms. The van der Waals surface area contributed by atoms with Crippen LogP contribution in [0.15, 0.2) is 84.9 Å². The van der Waals surface area contributed by atoms with Gasteiger partial charge in [-0.05, 0) is 35.2 Å². The third kappa shape index (κ3) is 3.38. The van der Waals surface area contributed by atoms with E-state index in [4.69, 9.17) is 0 Å². The van der Waals surface area contributed by atoms with E-state index in [2.05, 4.69) is 48.5 Å². The van der Waals surface area contributed by atoms with Crippen molar-refractivity contribution in [1.82, 2.24) is 0 Å². The predicted octanol–water partition coefficient (Wildman–Crippen LogP) is 5.20. The number of halogens is 1. The molecule has 0 saturated carbocycles. The summed E-state index contributed by atoms with van der Waals surface area (Å²) in [7, 11) is 0. The molecule has 3 rings (SSSR count). The van der Waals surface area contributed by atoms with E-state index in [1.54, 1.807) is 0 Å². The molecule has 0 radical (unpaired) electrons. The van der Waals surface area contributed by atoms with Gasteiger partial charge in [0.1, 0.15) is 5.82 Å². The standard InChI is InChI=1S/C20H17F/c21-19-13-11-18(12-14-19)20(17-9-5-2-6-10-17)15-16-7-3-1-4-8-16/h1-14,20H,15H2.